The van der Waals surface area contributed by atoms with E-state index < -0.39 is 49.5 Å². The summed E-state index contributed by atoms with van der Waals surface area (Å²) in [5.41, 5.74) is 0. The Morgan fingerprint density at radius 3 is 1.39 bits per heavy atom. The van der Waals surface area contributed by atoms with Crippen LogP contribution in [-0.2, 0) is 14.3 Å². The average molecular weight is 922 g/mol. The van der Waals surface area contributed by atoms with E-state index in [0.717, 1.165) is 116 Å². The number of hydrogen-bond donors (Lipinski definition) is 6. The highest BCUT2D eigenvalue weighted by atomic mass is 16.7. The normalized spacial score (nSPS) is 20.7. The van der Waals surface area contributed by atoms with Crippen LogP contribution in [0.5, 0.6) is 0 Å². The molecule has 9 nitrogen and oxygen atoms in total. The topological polar surface area (TPSA) is 149 Å². The zero-order valence-corrected chi connectivity index (χ0v) is 41.4. The predicted octanol–water partition coefficient (Wildman–Crippen LogP) is 12.2. The molecule has 1 amide bonds. The molecule has 1 aliphatic heterocycles. The summed E-state index contributed by atoms with van der Waals surface area (Å²) in [7, 11) is 0. The van der Waals surface area contributed by atoms with Crippen LogP contribution in [0.25, 0.3) is 0 Å². The van der Waals surface area contributed by atoms with Crippen molar-refractivity contribution in [2.45, 2.75) is 230 Å². The first-order chi connectivity index (χ1) is 32.3. The minimum absolute atomic E-state index is 0.153. The van der Waals surface area contributed by atoms with Gasteiger partial charge in [0.05, 0.1) is 25.4 Å². The van der Waals surface area contributed by atoms with Crippen LogP contribution in [0.15, 0.2) is 109 Å². The lowest BCUT2D eigenvalue weighted by Crippen LogP contribution is -2.60. The number of hydrogen-bond acceptors (Lipinski definition) is 8. The van der Waals surface area contributed by atoms with Crippen molar-refractivity contribution >= 4 is 5.91 Å². The van der Waals surface area contributed by atoms with Crippen molar-refractivity contribution in [1.82, 2.24) is 5.32 Å². The molecule has 7 atom stereocenters. The van der Waals surface area contributed by atoms with E-state index in [1.165, 1.54) is 44.9 Å². The van der Waals surface area contributed by atoms with Gasteiger partial charge in [0.1, 0.15) is 24.4 Å². The van der Waals surface area contributed by atoms with E-state index in [2.05, 4.69) is 129 Å². The monoisotopic (exact) mass is 922 g/mol. The van der Waals surface area contributed by atoms with Crippen LogP contribution in [0.4, 0.5) is 0 Å². The molecule has 7 unspecified atom stereocenters. The smallest absolute Gasteiger partial charge is 0.220 e. The SMILES string of the molecule is CC/C=C\C/C=C\C/C=C\C/C=C\C/C=C\C/C=C\C/C=C\C/C=C\C/C=C\CCCCCCCC(=O)NC(COC1OC(CO)C(O)C(O)C1O)C(O)CCCCCCCCCCCC. The summed E-state index contributed by atoms with van der Waals surface area (Å²) >= 11 is 0. The molecule has 0 spiro atoms. The van der Waals surface area contributed by atoms with E-state index >= 15 is 0 Å². The molecule has 376 valence electrons. The van der Waals surface area contributed by atoms with E-state index in [4.69, 9.17) is 9.47 Å². The number of carbonyl (C=O) groups is 1. The van der Waals surface area contributed by atoms with Gasteiger partial charge in [-0.3, -0.25) is 4.79 Å². The maximum atomic E-state index is 13.0. The van der Waals surface area contributed by atoms with Crippen molar-refractivity contribution in [1.29, 1.82) is 0 Å². The average Bonchev–Trinajstić information content (AvgIpc) is 3.32. The van der Waals surface area contributed by atoms with Crippen LogP contribution in [0.2, 0.25) is 0 Å². The molecule has 0 bridgehead atoms. The van der Waals surface area contributed by atoms with Gasteiger partial charge in [-0.15, -0.1) is 0 Å². The van der Waals surface area contributed by atoms with E-state index in [1.807, 2.05) is 0 Å². The van der Waals surface area contributed by atoms with Crippen LogP contribution in [0.1, 0.15) is 187 Å². The molecule has 66 heavy (non-hydrogen) atoms. The lowest BCUT2D eigenvalue weighted by molar-refractivity contribution is -0.302. The second-order valence-electron chi connectivity index (χ2n) is 17.6. The standard InChI is InChI=1S/C57H95NO8/c1-3-5-7-9-11-13-15-16-17-18-19-20-21-22-23-24-25-26-27-28-29-30-31-32-33-34-35-36-37-39-41-43-45-47-53(61)58-50(49-65-57-56(64)55(63)54(62)52(48-59)66-57)51(60)46-44-42-40-38-14-12-10-8-6-4-2/h5,7,11,13,16-17,19-20,22-23,25-26,28-29,31-32,34-35,50-52,54-57,59-60,62-64H,3-4,6,8-10,12,14-15,18,21,24,27,30,33,36-49H2,1-2H3,(H,58,61)/b7-5-,13-11-,17-16-,20-19-,23-22-,26-25-,29-28-,32-31-,35-34-. The van der Waals surface area contributed by atoms with Crippen molar-refractivity contribution in [3.05, 3.63) is 109 Å². The summed E-state index contributed by atoms with van der Waals surface area (Å²) in [5.74, 6) is -0.170. The predicted molar refractivity (Wildman–Crippen MR) is 276 cm³/mol. The fourth-order valence-corrected chi connectivity index (χ4v) is 7.50. The third-order valence-electron chi connectivity index (χ3n) is 11.6. The highest BCUT2D eigenvalue weighted by Gasteiger charge is 2.44. The van der Waals surface area contributed by atoms with Gasteiger partial charge in [0, 0.05) is 6.42 Å². The fourth-order valence-electron chi connectivity index (χ4n) is 7.50. The van der Waals surface area contributed by atoms with Gasteiger partial charge in [-0.1, -0.05) is 207 Å². The van der Waals surface area contributed by atoms with Crippen LogP contribution in [-0.4, -0.2) is 87.5 Å². The quantitative estimate of drug-likeness (QED) is 0.0262. The van der Waals surface area contributed by atoms with Gasteiger partial charge in [-0.25, -0.2) is 0 Å². The summed E-state index contributed by atoms with van der Waals surface area (Å²) in [6, 6.07) is -0.736. The first-order valence-electron chi connectivity index (χ1n) is 26.1. The summed E-state index contributed by atoms with van der Waals surface area (Å²) < 4.78 is 11.2. The molecular weight excluding hydrogens is 827 g/mol. The Morgan fingerprint density at radius 1 is 0.530 bits per heavy atom. The number of amides is 1. The van der Waals surface area contributed by atoms with Crippen molar-refractivity contribution in [2.24, 2.45) is 0 Å². The third-order valence-corrected chi connectivity index (χ3v) is 11.6. The summed E-state index contributed by atoms with van der Waals surface area (Å²) in [6.07, 6.45) is 59.7. The minimum atomic E-state index is -1.56. The number of nitrogens with one attached hydrogen (secondary N) is 1. The van der Waals surface area contributed by atoms with Gasteiger partial charge in [0.2, 0.25) is 5.91 Å². The van der Waals surface area contributed by atoms with E-state index in [-0.39, 0.29) is 12.5 Å². The molecular formula is C57H95NO8. The Morgan fingerprint density at radius 2 is 0.939 bits per heavy atom. The number of rotatable bonds is 42. The first-order valence-corrected chi connectivity index (χ1v) is 26.1. The molecule has 0 radical (unpaired) electrons. The molecule has 0 aromatic rings. The molecule has 0 aromatic carbocycles. The zero-order valence-electron chi connectivity index (χ0n) is 41.4. The number of carbonyl (C=O) groups excluding carboxylic acids is 1. The van der Waals surface area contributed by atoms with E-state index in [0.29, 0.717) is 12.8 Å². The molecule has 0 aromatic heterocycles. The molecule has 1 heterocycles. The molecule has 6 N–H and O–H groups in total. The maximum Gasteiger partial charge on any atom is 0.220 e. The number of allylic oxidation sites excluding steroid dienone is 18. The molecule has 1 fully saturated rings. The lowest BCUT2D eigenvalue weighted by atomic mass is 9.99. The molecule has 0 aliphatic carbocycles. The Balaban J connectivity index is 2.21. The molecule has 9 heteroatoms. The van der Waals surface area contributed by atoms with Crippen molar-refractivity contribution in [2.75, 3.05) is 13.2 Å². The maximum absolute atomic E-state index is 13.0. The lowest BCUT2D eigenvalue weighted by Gasteiger charge is -2.40. The van der Waals surface area contributed by atoms with Gasteiger partial charge < -0.3 is 40.3 Å². The largest absolute Gasteiger partial charge is 0.394 e. The fraction of sp³-hybridized carbons (Fsp3) is 0.667. The first kappa shape index (κ1) is 60.9. The van der Waals surface area contributed by atoms with Gasteiger partial charge in [0.15, 0.2) is 6.29 Å². The van der Waals surface area contributed by atoms with Crippen LogP contribution in [0.3, 0.4) is 0 Å². The van der Waals surface area contributed by atoms with E-state index in [9.17, 15) is 30.3 Å². The summed E-state index contributed by atoms with van der Waals surface area (Å²) in [5, 5.41) is 54.3. The Labute approximate surface area is 402 Å². The number of unbranched alkanes of at least 4 members (excludes halogenated alkanes) is 14. The van der Waals surface area contributed by atoms with Gasteiger partial charge in [-0.2, -0.15) is 0 Å². The highest BCUT2D eigenvalue weighted by molar-refractivity contribution is 5.76. The van der Waals surface area contributed by atoms with Crippen LogP contribution in [0, 0.1) is 0 Å². The van der Waals surface area contributed by atoms with Crippen LogP contribution < -0.4 is 5.32 Å². The van der Waals surface area contributed by atoms with Crippen molar-refractivity contribution in [3.8, 4) is 0 Å². The summed E-state index contributed by atoms with van der Waals surface area (Å²) in [6.45, 7) is 3.67. The zero-order chi connectivity index (χ0) is 48.0. The Bertz CT molecular complexity index is 1390. The van der Waals surface area contributed by atoms with Gasteiger partial charge in [-0.05, 0) is 83.5 Å². The Kier molecular flexibility index (Phi) is 42.1. The number of aliphatic hydroxyl groups excluding tert-OH is 5. The molecule has 1 saturated heterocycles. The molecule has 0 saturated carbocycles. The van der Waals surface area contributed by atoms with Gasteiger partial charge >= 0.3 is 0 Å². The van der Waals surface area contributed by atoms with Crippen LogP contribution >= 0.6 is 0 Å². The Hall–Kier alpha value is -3.15. The van der Waals surface area contributed by atoms with E-state index in [1.54, 1.807) is 0 Å². The second-order valence-corrected chi connectivity index (χ2v) is 17.6. The van der Waals surface area contributed by atoms with Gasteiger partial charge in [0.25, 0.3) is 0 Å². The molecule has 1 aliphatic rings. The number of ether oxygens (including phenoxy) is 2. The molecule has 1 rings (SSSR count). The number of aliphatic hydroxyl groups is 5. The minimum Gasteiger partial charge on any atom is -0.394 e. The van der Waals surface area contributed by atoms with Crippen molar-refractivity contribution < 1.29 is 39.8 Å². The van der Waals surface area contributed by atoms with Crippen molar-refractivity contribution in [3.63, 3.8) is 0 Å². The summed E-state index contributed by atoms with van der Waals surface area (Å²) in [4.78, 5) is 13.0. The second kappa shape index (κ2) is 45.6. The highest BCUT2D eigenvalue weighted by Crippen LogP contribution is 2.23. The third kappa shape index (κ3) is 35.1.